The molecule has 17 heavy (non-hydrogen) atoms. The Hall–Kier alpha value is -1.84. The Morgan fingerprint density at radius 3 is 2.82 bits per heavy atom. The second-order valence-corrected chi connectivity index (χ2v) is 4.20. The van der Waals surface area contributed by atoms with Gasteiger partial charge in [-0.05, 0) is 37.8 Å². The van der Waals surface area contributed by atoms with Gasteiger partial charge in [0.25, 0.3) is 0 Å². The Morgan fingerprint density at radius 1 is 1.29 bits per heavy atom. The fraction of sp³-hybridized carbons (Fsp3) is 0.385. The van der Waals surface area contributed by atoms with Gasteiger partial charge in [0.15, 0.2) is 0 Å². The third-order valence-electron chi connectivity index (χ3n) is 2.82. The summed E-state index contributed by atoms with van der Waals surface area (Å²) in [4.78, 5) is 15.5. The molecule has 2 rings (SSSR count). The molecule has 2 amide bonds. The Morgan fingerprint density at radius 2 is 2.12 bits per heavy atom. The second-order valence-electron chi connectivity index (χ2n) is 4.20. The predicted molar refractivity (Wildman–Crippen MR) is 67.6 cm³/mol. The number of pyridine rings is 1. The second kappa shape index (κ2) is 6.03. The Bertz CT molecular complexity index is 392. The number of amides is 2. The van der Waals surface area contributed by atoms with Crippen LogP contribution in [0.2, 0.25) is 0 Å². The number of urea groups is 1. The average molecular weight is 231 g/mol. The zero-order chi connectivity index (χ0) is 11.9. The molecule has 1 aromatic heterocycles. The van der Waals surface area contributed by atoms with E-state index in [1.165, 1.54) is 24.8 Å². The lowest BCUT2D eigenvalue weighted by Gasteiger charge is -2.13. The number of hydrogen-bond acceptors (Lipinski definition) is 2. The quantitative estimate of drug-likeness (QED) is 0.822. The number of nitrogens with one attached hydrogen (secondary N) is 2. The number of anilines is 1. The Balaban J connectivity index is 1.81. The van der Waals surface area contributed by atoms with Gasteiger partial charge in [0.1, 0.15) is 0 Å². The maximum Gasteiger partial charge on any atom is 0.323 e. The highest BCUT2D eigenvalue weighted by atomic mass is 16.2. The van der Waals surface area contributed by atoms with Crippen molar-refractivity contribution in [3.05, 3.63) is 36.3 Å². The van der Waals surface area contributed by atoms with Gasteiger partial charge in [0.05, 0.1) is 11.9 Å². The van der Waals surface area contributed by atoms with Gasteiger partial charge < -0.3 is 10.6 Å². The zero-order valence-corrected chi connectivity index (χ0v) is 9.78. The van der Waals surface area contributed by atoms with E-state index in [1.807, 2.05) is 6.20 Å². The molecule has 4 nitrogen and oxygen atoms in total. The summed E-state index contributed by atoms with van der Waals surface area (Å²) in [5, 5.41) is 5.49. The molecule has 0 saturated heterocycles. The van der Waals surface area contributed by atoms with Crippen LogP contribution in [0.25, 0.3) is 0 Å². The van der Waals surface area contributed by atoms with E-state index in [4.69, 9.17) is 0 Å². The molecule has 1 heterocycles. The largest absolute Gasteiger partial charge is 0.323 e. The zero-order valence-electron chi connectivity index (χ0n) is 9.78. The first-order valence-corrected chi connectivity index (χ1v) is 6.00. The van der Waals surface area contributed by atoms with E-state index in [-0.39, 0.29) is 6.03 Å². The summed E-state index contributed by atoms with van der Waals surface area (Å²) in [5.74, 6) is 0. The monoisotopic (exact) mass is 231 g/mol. The van der Waals surface area contributed by atoms with Crippen molar-refractivity contribution in [1.82, 2.24) is 10.3 Å². The minimum atomic E-state index is -0.212. The van der Waals surface area contributed by atoms with Crippen LogP contribution < -0.4 is 10.6 Å². The highest BCUT2D eigenvalue weighted by Crippen LogP contribution is 2.21. The van der Waals surface area contributed by atoms with Gasteiger partial charge in [0.2, 0.25) is 0 Å². The van der Waals surface area contributed by atoms with Crippen molar-refractivity contribution in [2.45, 2.75) is 32.1 Å². The van der Waals surface area contributed by atoms with Gasteiger partial charge in [-0.25, -0.2) is 4.79 Å². The molecular weight excluding hydrogens is 214 g/mol. The van der Waals surface area contributed by atoms with Crippen LogP contribution in [0.4, 0.5) is 10.5 Å². The summed E-state index contributed by atoms with van der Waals surface area (Å²) in [6.45, 7) is 0. The number of carbonyl (C=O) groups is 1. The fourth-order valence-corrected chi connectivity index (χ4v) is 1.92. The van der Waals surface area contributed by atoms with Crippen LogP contribution in [-0.2, 0) is 0 Å². The van der Waals surface area contributed by atoms with Gasteiger partial charge in [-0.3, -0.25) is 4.98 Å². The SMILES string of the molecule is O=C(NC=C1CCCCC1)Nc1cccnc1. The number of allylic oxidation sites excluding steroid dienone is 1. The molecule has 1 aliphatic rings. The molecular formula is C13H17N3O. The number of nitrogens with zero attached hydrogens (tertiary/aromatic N) is 1. The van der Waals surface area contributed by atoms with Crippen molar-refractivity contribution in [3.8, 4) is 0 Å². The van der Waals surface area contributed by atoms with Gasteiger partial charge in [-0.1, -0.05) is 12.0 Å². The molecule has 0 unspecified atom stereocenters. The fourth-order valence-electron chi connectivity index (χ4n) is 1.92. The predicted octanol–water partition coefficient (Wildman–Crippen LogP) is 3.05. The average Bonchev–Trinajstić information content (AvgIpc) is 2.39. The van der Waals surface area contributed by atoms with Gasteiger partial charge in [0, 0.05) is 12.4 Å². The molecule has 90 valence electrons. The molecule has 0 atom stereocenters. The van der Waals surface area contributed by atoms with E-state index in [0.717, 1.165) is 12.8 Å². The van der Waals surface area contributed by atoms with Crippen molar-refractivity contribution in [2.75, 3.05) is 5.32 Å². The van der Waals surface area contributed by atoms with E-state index in [0.29, 0.717) is 5.69 Å². The first-order chi connectivity index (χ1) is 8.34. The summed E-state index contributed by atoms with van der Waals surface area (Å²) < 4.78 is 0. The molecule has 0 bridgehead atoms. The minimum Gasteiger partial charge on any atom is -0.314 e. The molecule has 4 heteroatoms. The molecule has 1 saturated carbocycles. The van der Waals surface area contributed by atoms with E-state index in [1.54, 1.807) is 24.5 Å². The van der Waals surface area contributed by atoms with E-state index < -0.39 is 0 Å². The normalized spacial score (nSPS) is 15.2. The van der Waals surface area contributed by atoms with Crippen LogP contribution in [0, 0.1) is 0 Å². The third-order valence-corrected chi connectivity index (χ3v) is 2.82. The summed E-state index contributed by atoms with van der Waals surface area (Å²) in [6.07, 6.45) is 11.1. The summed E-state index contributed by atoms with van der Waals surface area (Å²) in [7, 11) is 0. The topological polar surface area (TPSA) is 54.0 Å². The number of hydrogen-bond donors (Lipinski definition) is 2. The molecule has 2 N–H and O–H groups in total. The molecule has 0 radical (unpaired) electrons. The van der Waals surface area contributed by atoms with Gasteiger partial charge >= 0.3 is 6.03 Å². The van der Waals surface area contributed by atoms with E-state index in [2.05, 4.69) is 15.6 Å². The van der Waals surface area contributed by atoms with Gasteiger partial charge in [-0.15, -0.1) is 0 Å². The Kier molecular flexibility index (Phi) is 4.13. The van der Waals surface area contributed by atoms with Crippen LogP contribution in [0.15, 0.2) is 36.3 Å². The molecule has 0 spiro atoms. The minimum absolute atomic E-state index is 0.212. The van der Waals surface area contributed by atoms with E-state index in [9.17, 15) is 4.79 Å². The number of rotatable bonds is 2. The van der Waals surface area contributed by atoms with Crippen LogP contribution in [-0.4, -0.2) is 11.0 Å². The first kappa shape index (κ1) is 11.6. The van der Waals surface area contributed by atoms with Crippen LogP contribution in [0.1, 0.15) is 32.1 Å². The summed E-state index contributed by atoms with van der Waals surface area (Å²) >= 11 is 0. The van der Waals surface area contributed by atoms with Crippen molar-refractivity contribution < 1.29 is 4.79 Å². The summed E-state index contributed by atoms with van der Waals surface area (Å²) in [6, 6.07) is 3.38. The maximum absolute atomic E-state index is 11.6. The first-order valence-electron chi connectivity index (χ1n) is 6.00. The lowest BCUT2D eigenvalue weighted by Crippen LogP contribution is -2.24. The highest BCUT2D eigenvalue weighted by Gasteiger charge is 2.05. The van der Waals surface area contributed by atoms with Crippen molar-refractivity contribution in [1.29, 1.82) is 0 Å². The van der Waals surface area contributed by atoms with Crippen molar-refractivity contribution in [3.63, 3.8) is 0 Å². The van der Waals surface area contributed by atoms with Gasteiger partial charge in [-0.2, -0.15) is 0 Å². The number of aromatic nitrogens is 1. The third kappa shape index (κ3) is 3.90. The smallest absolute Gasteiger partial charge is 0.314 e. The number of carbonyl (C=O) groups excluding carboxylic acids is 1. The standard InChI is InChI=1S/C13H17N3O/c17-13(16-12-7-4-8-14-10-12)15-9-11-5-2-1-3-6-11/h4,7-10H,1-3,5-6H2,(H2,15,16,17). The van der Waals surface area contributed by atoms with Crippen LogP contribution in [0.3, 0.4) is 0 Å². The lowest BCUT2D eigenvalue weighted by molar-refractivity contribution is 0.255. The highest BCUT2D eigenvalue weighted by molar-refractivity contribution is 5.89. The van der Waals surface area contributed by atoms with E-state index >= 15 is 0 Å². The summed E-state index contributed by atoms with van der Waals surface area (Å²) in [5.41, 5.74) is 2.03. The molecule has 1 aliphatic carbocycles. The Labute approximate surface area is 101 Å². The van der Waals surface area contributed by atoms with Crippen molar-refractivity contribution >= 4 is 11.7 Å². The van der Waals surface area contributed by atoms with Crippen molar-refractivity contribution in [2.24, 2.45) is 0 Å². The maximum atomic E-state index is 11.6. The molecule has 0 aliphatic heterocycles. The van der Waals surface area contributed by atoms with Crippen LogP contribution >= 0.6 is 0 Å². The lowest BCUT2D eigenvalue weighted by atomic mass is 9.96. The molecule has 0 aromatic carbocycles. The molecule has 1 fully saturated rings. The van der Waals surface area contributed by atoms with Crippen LogP contribution in [0.5, 0.6) is 0 Å². The molecule has 1 aromatic rings.